The van der Waals surface area contributed by atoms with Gasteiger partial charge in [0.05, 0.1) is 10.5 Å². The molecule has 1 aromatic carbocycles. The molecule has 150 valence electrons. The molecule has 1 fully saturated rings. The molecule has 2 aliphatic rings. The SMILES string of the molecule is C#CCCC1(CCNC(=O)c2ccccc2S(=O)(=O)N2CCCCC2C)N=N1. The Bertz CT molecular complexity index is 898. The molecule has 1 N–H and O–H groups in total. The molecule has 0 aliphatic carbocycles. The number of rotatable bonds is 8. The highest BCUT2D eigenvalue weighted by Crippen LogP contribution is 2.36. The minimum atomic E-state index is -3.73. The Labute approximate surface area is 166 Å². The van der Waals surface area contributed by atoms with Crippen molar-refractivity contribution in [2.75, 3.05) is 13.1 Å². The summed E-state index contributed by atoms with van der Waals surface area (Å²) in [5.74, 6) is 2.16. The molecule has 0 radical (unpaired) electrons. The van der Waals surface area contributed by atoms with Gasteiger partial charge in [-0.15, -0.1) is 12.3 Å². The van der Waals surface area contributed by atoms with E-state index in [-0.39, 0.29) is 16.5 Å². The van der Waals surface area contributed by atoms with Gasteiger partial charge in [-0.05, 0) is 31.9 Å². The number of sulfonamides is 1. The third kappa shape index (κ3) is 4.42. The summed E-state index contributed by atoms with van der Waals surface area (Å²) in [6.45, 7) is 2.75. The van der Waals surface area contributed by atoms with Crippen molar-refractivity contribution < 1.29 is 13.2 Å². The van der Waals surface area contributed by atoms with Crippen molar-refractivity contribution in [3.8, 4) is 12.3 Å². The Kier molecular flexibility index (Phi) is 6.16. The second kappa shape index (κ2) is 8.41. The van der Waals surface area contributed by atoms with Crippen LogP contribution in [-0.2, 0) is 10.0 Å². The Morgan fingerprint density at radius 3 is 2.75 bits per heavy atom. The Morgan fingerprint density at radius 1 is 1.32 bits per heavy atom. The van der Waals surface area contributed by atoms with Crippen molar-refractivity contribution in [3.63, 3.8) is 0 Å². The summed E-state index contributed by atoms with van der Waals surface area (Å²) in [5, 5.41) is 10.9. The molecular weight excluding hydrogens is 376 g/mol. The first-order valence-electron chi connectivity index (χ1n) is 9.66. The largest absolute Gasteiger partial charge is 0.352 e. The van der Waals surface area contributed by atoms with Gasteiger partial charge in [0, 0.05) is 38.4 Å². The zero-order chi connectivity index (χ0) is 20.2. The zero-order valence-corrected chi connectivity index (χ0v) is 16.9. The van der Waals surface area contributed by atoms with Gasteiger partial charge in [-0.1, -0.05) is 18.6 Å². The summed E-state index contributed by atoms with van der Waals surface area (Å²) in [6, 6.07) is 6.31. The lowest BCUT2D eigenvalue weighted by molar-refractivity contribution is 0.0948. The highest BCUT2D eigenvalue weighted by Gasteiger charge is 2.39. The molecule has 0 aromatic heterocycles. The third-order valence-electron chi connectivity index (χ3n) is 5.32. The number of hydrogen-bond acceptors (Lipinski definition) is 5. The van der Waals surface area contributed by atoms with E-state index in [1.165, 1.54) is 10.4 Å². The fourth-order valence-corrected chi connectivity index (χ4v) is 5.46. The van der Waals surface area contributed by atoms with Crippen molar-refractivity contribution in [1.82, 2.24) is 9.62 Å². The molecule has 1 atom stereocenters. The van der Waals surface area contributed by atoms with Gasteiger partial charge in [0.2, 0.25) is 10.0 Å². The van der Waals surface area contributed by atoms with Gasteiger partial charge in [0.15, 0.2) is 5.66 Å². The van der Waals surface area contributed by atoms with E-state index in [2.05, 4.69) is 21.5 Å². The van der Waals surface area contributed by atoms with Crippen LogP contribution in [0, 0.1) is 12.3 Å². The number of nitrogens with one attached hydrogen (secondary N) is 1. The first kappa shape index (κ1) is 20.5. The Hall–Kier alpha value is -2.24. The Morgan fingerprint density at radius 2 is 2.07 bits per heavy atom. The maximum Gasteiger partial charge on any atom is 0.252 e. The number of hydrogen-bond donors (Lipinski definition) is 1. The second-order valence-corrected chi connectivity index (χ2v) is 9.21. The van der Waals surface area contributed by atoms with Crippen molar-refractivity contribution in [2.45, 2.75) is 62.0 Å². The average molecular weight is 403 g/mol. The number of benzene rings is 1. The van der Waals surface area contributed by atoms with Crippen LogP contribution in [0.25, 0.3) is 0 Å². The van der Waals surface area contributed by atoms with Crippen molar-refractivity contribution in [2.24, 2.45) is 10.2 Å². The normalized spacial score (nSPS) is 21.1. The standard InChI is InChI=1S/C20H26N4O3S/c1-3-4-12-20(22-23-20)13-14-21-19(25)17-10-5-6-11-18(17)28(26,27)24-15-8-7-9-16(24)2/h1,5-6,10-11,16H,4,7-9,12-15H2,2H3,(H,21,25). The quantitative estimate of drug-likeness (QED) is 0.678. The van der Waals surface area contributed by atoms with Gasteiger partial charge in [-0.2, -0.15) is 14.5 Å². The molecule has 0 saturated carbocycles. The van der Waals surface area contributed by atoms with Gasteiger partial charge < -0.3 is 5.32 Å². The van der Waals surface area contributed by atoms with E-state index in [1.54, 1.807) is 18.2 Å². The van der Waals surface area contributed by atoms with Gasteiger partial charge in [0.25, 0.3) is 5.91 Å². The van der Waals surface area contributed by atoms with Crippen LogP contribution in [0.15, 0.2) is 39.4 Å². The van der Waals surface area contributed by atoms with Gasteiger partial charge in [-0.3, -0.25) is 4.79 Å². The highest BCUT2D eigenvalue weighted by molar-refractivity contribution is 7.89. The summed E-state index contributed by atoms with van der Waals surface area (Å²) < 4.78 is 27.9. The van der Waals surface area contributed by atoms with Crippen LogP contribution in [-0.4, -0.2) is 43.4 Å². The number of piperidine rings is 1. The maximum absolute atomic E-state index is 13.2. The molecule has 1 aromatic rings. The first-order chi connectivity index (χ1) is 13.4. The fourth-order valence-electron chi connectivity index (χ4n) is 3.57. The van der Waals surface area contributed by atoms with Crippen LogP contribution >= 0.6 is 0 Å². The second-order valence-electron chi connectivity index (χ2n) is 7.35. The Balaban J connectivity index is 1.69. The lowest BCUT2D eigenvalue weighted by atomic mass is 10.0. The van der Waals surface area contributed by atoms with E-state index in [1.807, 2.05) is 6.92 Å². The number of nitrogens with zero attached hydrogens (tertiary/aromatic N) is 3. The third-order valence-corrected chi connectivity index (χ3v) is 7.40. The monoisotopic (exact) mass is 402 g/mol. The number of terminal acetylenes is 1. The minimum Gasteiger partial charge on any atom is -0.352 e. The molecule has 1 amide bonds. The summed E-state index contributed by atoms with van der Waals surface area (Å²) in [6.07, 6.45) is 9.77. The number of carbonyl (C=O) groups is 1. The molecule has 2 aliphatic heterocycles. The van der Waals surface area contributed by atoms with E-state index in [0.717, 1.165) is 19.3 Å². The van der Waals surface area contributed by atoms with Crippen molar-refractivity contribution in [3.05, 3.63) is 29.8 Å². The van der Waals surface area contributed by atoms with E-state index in [0.29, 0.717) is 32.4 Å². The van der Waals surface area contributed by atoms with Gasteiger partial charge in [0.1, 0.15) is 0 Å². The molecule has 1 saturated heterocycles. The fraction of sp³-hybridized carbons (Fsp3) is 0.550. The predicted octanol–water partition coefficient (Wildman–Crippen LogP) is 2.95. The summed E-state index contributed by atoms with van der Waals surface area (Å²) in [7, 11) is -3.73. The minimum absolute atomic E-state index is 0.0593. The molecular formula is C20H26N4O3S. The van der Waals surface area contributed by atoms with Crippen LogP contribution in [0.3, 0.4) is 0 Å². The van der Waals surface area contributed by atoms with Gasteiger partial charge >= 0.3 is 0 Å². The van der Waals surface area contributed by atoms with E-state index in [9.17, 15) is 13.2 Å². The lowest BCUT2D eigenvalue weighted by Gasteiger charge is -2.32. The molecule has 3 rings (SSSR count). The van der Waals surface area contributed by atoms with Crippen LogP contribution in [0.1, 0.15) is 55.8 Å². The topological polar surface area (TPSA) is 91.2 Å². The molecule has 0 bridgehead atoms. The predicted molar refractivity (Wildman–Crippen MR) is 106 cm³/mol. The summed E-state index contributed by atoms with van der Waals surface area (Å²) in [5.41, 5.74) is -0.309. The molecule has 7 nitrogen and oxygen atoms in total. The van der Waals surface area contributed by atoms with Crippen molar-refractivity contribution in [1.29, 1.82) is 0 Å². The van der Waals surface area contributed by atoms with Gasteiger partial charge in [-0.25, -0.2) is 8.42 Å². The molecule has 1 unspecified atom stereocenters. The number of carbonyl (C=O) groups excluding carboxylic acids is 1. The summed E-state index contributed by atoms with van der Waals surface area (Å²) in [4.78, 5) is 12.8. The maximum atomic E-state index is 13.2. The van der Waals surface area contributed by atoms with Crippen LogP contribution in [0.4, 0.5) is 0 Å². The van der Waals surface area contributed by atoms with E-state index >= 15 is 0 Å². The van der Waals surface area contributed by atoms with Crippen LogP contribution in [0.2, 0.25) is 0 Å². The van der Waals surface area contributed by atoms with Crippen LogP contribution < -0.4 is 5.32 Å². The van der Waals surface area contributed by atoms with E-state index in [4.69, 9.17) is 6.42 Å². The summed E-state index contributed by atoms with van der Waals surface area (Å²) >= 11 is 0. The number of amides is 1. The average Bonchev–Trinajstić information content (AvgIpc) is 3.46. The van der Waals surface area contributed by atoms with E-state index < -0.39 is 21.6 Å². The zero-order valence-electron chi connectivity index (χ0n) is 16.1. The van der Waals surface area contributed by atoms with Crippen LogP contribution in [0.5, 0.6) is 0 Å². The smallest absolute Gasteiger partial charge is 0.252 e. The highest BCUT2D eigenvalue weighted by atomic mass is 32.2. The molecule has 28 heavy (non-hydrogen) atoms. The lowest BCUT2D eigenvalue weighted by Crippen LogP contribution is -2.42. The molecule has 0 spiro atoms. The molecule has 2 heterocycles. The first-order valence-corrected chi connectivity index (χ1v) is 11.1. The molecule has 8 heteroatoms. The van der Waals surface area contributed by atoms with Crippen molar-refractivity contribution >= 4 is 15.9 Å².